The monoisotopic (exact) mass is 526 g/mol. The van der Waals surface area contributed by atoms with Crippen LogP contribution in [0, 0.1) is 6.92 Å². The Morgan fingerprint density at radius 1 is 0.921 bits per heavy atom. The number of aryl methyl sites for hydroxylation is 2. The summed E-state index contributed by atoms with van der Waals surface area (Å²) in [5.41, 5.74) is 1.85. The van der Waals surface area contributed by atoms with Crippen molar-refractivity contribution in [1.82, 2.24) is 40.5 Å². The highest BCUT2D eigenvalue weighted by Crippen LogP contribution is 2.18. The quantitative estimate of drug-likeness (QED) is 0.244. The van der Waals surface area contributed by atoms with Gasteiger partial charge in [0, 0.05) is 43.5 Å². The smallest absolute Gasteiger partial charge is 0.225 e. The van der Waals surface area contributed by atoms with Gasteiger partial charge in [0.1, 0.15) is 11.5 Å². The molecule has 2 fully saturated rings. The van der Waals surface area contributed by atoms with Gasteiger partial charge < -0.3 is 26.2 Å². The van der Waals surface area contributed by atoms with Crippen molar-refractivity contribution < 1.29 is 0 Å². The SMILES string of the molecule is CCCN1CCC(Nc2cc(C)nc(NCc3cn(CCCNCCCNC4CCCCC4)nn3)n2)CC1. The number of anilines is 2. The van der Waals surface area contributed by atoms with E-state index in [1.54, 1.807) is 0 Å². The van der Waals surface area contributed by atoms with Gasteiger partial charge in [-0.25, -0.2) is 4.98 Å². The molecule has 212 valence electrons. The topological polar surface area (TPSA) is 108 Å². The lowest BCUT2D eigenvalue weighted by molar-refractivity contribution is 0.219. The summed E-state index contributed by atoms with van der Waals surface area (Å²) in [5.74, 6) is 1.53. The van der Waals surface area contributed by atoms with Crippen LogP contribution < -0.4 is 21.3 Å². The molecule has 0 spiro atoms. The van der Waals surface area contributed by atoms with Crippen LogP contribution >= 0.6 is 0 Å². The van der Waals surface area contributed by atoms with Gasteiger partial charge in [0.15, 0.2) is 0 Å². The molecular weight excluding hydrogens is 476 g/mol. The van der Waals surface area contributed by atoms with Gasteiger partial charge >= 0.3 is 0 Å². The molecule has 38 heavy (non-hydrogen) atoms. The van der Waals surface area contributed by atoms with E-state index >= 15 is 0 Å². The number of hydrogen-bond acceptors (Lipinski definition) is 9. The Kier molecular flexibility index (Phi) is 12.1. The second kappa shape index (κ2) is 16.0. The molecule has 10 heteroatoms. The number of nitrogens with zero attached hydrogens (tertiary/aromatic N) is 6. The molecule has 2 aromatic heterocycles. The Hall–Kier alpha value is -2.30. The van der Waals surface area contributed by atoms with E-state index in [2.05, 4.69) is 48.4 Å². The highest BCUT2D eigenvalue weighted by Gasteiger charge is 2.19. The van der Waals surface area contributed by atoms with E-state index in [-0.39, 0.29) is 0 Å². The molecule has 1 saturated carbocycles. The number of rotatable bonds is 16. The molecule has 4 N–H and O–H groups in total. The Bertz CT molecular complexity index is 918. The van der Waals surface area contributed by atoms with E-state index in [0.717, 1.165) is 81.8 Å². The van der Waals surface area contributed by atoms with E-state index < -0.39 is 0 Å². The molecule has 3 heterocycles. The van der Waals surface area contributed by atoms with Gasteiger partial charge in [0.2, 0.25) is 5.95 Å². The van der Waals surface area contributed by atoms with Gasteiger partial charge in [0.05, 0.1) is 12.7 Å². The zero-order valence-electron chi connectivity index (χ0n) is 23.7. The van der Waals surface area contributed by atoms with Gasteiger partial charge in [-0.05, 0) is 78.0 Å². The van der Waals surface area contributed by atoms with Gasteiger partial charge in [-0.1, -0.05) is 31.4 Å². The van der Waals surface area contributed by atoms with Crippen LogP contribution in [0.1, 0.15) is 82.5 Å². The molecule has 1 aliphatic heterocycles. The second-order valence-electron chi connectivity index (χ2n) is 11.1. The maximum Gasteiger partial charge on any atom is 0.225 e. The molecule has 2 aliphatic rings. The summed E-state index contributed by atoms with van der Waals surface area (Å²) in [6, 6.07) is 3.26. The molecule has 0 atom stereocenters. The van der Waals surface area contributed by atoms with Crippen LogP contribution in [0.3, 0.4) is 0 Å². The van der Waals surface area contributed by atoms with Gasteiger partial charge in [0.25, 0.3) is 0 Å². The van der Waals surface area contributed by atoms with E-state index in [0.29, 0.717) is 18.5 Å². The van der Waals surface area contributed by atoms with Crippen molar-refractivity contribution in [3.63, 3.8) is 0 Å². The third-order valence-corrected chi connectivity index (χ3v) is 7.66. The average molecular weight is 527 g/mol. The molecule has 0 radical (unpaired) electrons. The van der Waals surface area contributed by atoms with Gasteiger partial charge in [-0.2, -0.15) is 4.98 Å². The van der Waals surface area contributed by atoms with Crippen molar-refractivity contribution in [1.29, 1.82) is 0 Å². The first-order valence-electron chi connectivity index (χ1n) is 15.1. The van der Waals surface area contributed by atoms with Crippen LogP contribution in [-0.4, -0.2) is 81.2 Å². The van der Waals surface area contributed by atoms with Gasteiger partial charge in [-0.3, -0.25) is 4.68 Å². The minimum Gasteiger partial charge on any atom is -0.367 e. The Morgan fingerprint density at radius 2 is 1.74 bits per heavy atom. The summed E-state index contributed by atoms with van der Waals surface area (Å²) >= 11 is 0. The first-order chi connectivity index (χ1) is 18.7. The third-order valence-electron chi connectivity index (χ3n) is 7.66. The fraction of sp³-hybridized carbons (Fsp3) is 0.786. The van der Waals surface area contributed by atoms with E-state index in [1.807, 2.05) is 23.9 Å². The minimum absolute atomic E-state index is 0.470. The first kappa shape index (κ1) is 28.7. The van der Waals surface area contributed by atoms with Crippen molar-refractivity contribution in [3.8, 4) is 0 Å². The lowest BCUT2D eigenvalue weighted by atomic mass is 9.95. The van der Waals surface area contributed by atoms with Crippen molar-refractivity contribution in [2.45, 2.75) is 103 Å². The molecule has 0 unspecified atom stereocenters. The minimum atomic E-state index is 0.470. The number of hydrogen-bond donors (Lipinski definition) is 4. The van der Waals surface area contributed by atoms with E-state index in [1.165, 1.54) is 51.5 Å². The lowest BCUT2D eigenvalue weighted by Crippen LogP contribution is -2.39. The molecule has 2 aromatic rings. The Morgan fingerprint density at radius 3 is 2.55 bits per heavy atom. The molecular formula is C28H50N10. The normalized spacial score (nSPS) is 17.6. The predicted molar refractivity (Wildman–Crippen MR) is 154 cm³/mol. The van der Waals surface area contributed by atoms with Crippen LogP contribution in [0.15, 0.2) is 12.3 Å². The van der Waals surface area contributed by atoms with Crippen molar-refractivity contribution in [2.75, 3.05) is 49.9 Å². The molecule has 0 aromatic carbocycles. The summed E-state index contributed by atoms with van der Waals surface area (Å²) in [6.45, 7) is 12.4. The van der Waals surface area contributed by atoms with E-state index in [4.69, 9.17) is 4.98 Å². The summed E-state index contributed by atoms with van der Waals surface area (Å²) < 4.78 is 1.93. The number of nitrogens with one attached hydrogen (secondary N) is 4. The van der Waals surface area contributed by atoms with E-state index in [9.17, 15) is 0 Å². The van der Waals surface area contributed by atoms with Crippen LogP contribution in [0.2, 0.25) is 0 Å². The van der Waals surface area contributed by atoms with Crippen LogP contribution in [-0.2, 0) is 13.1 Å². The maximum atomic E-state index is 4.71. The van der Waals surface area contributed by atoms with Crippen LogP contribution in [0.5, 0.6) is 0 Å². The number of aromatic nitrogens is 5. The van der Waals surface area contributed by atoms with Crippen LogP contribution in [0.4, 0.5) is 11.8 Å². The zero-order chi connectivity index (χ0) is 26.4. The Labute approximate surface area is 229 Å². The second-order valence-corrected chi connectivity index (χ2v) is 11.1. The summed E-state index contributed by atoms with van der Waals surface area (Å²) in [6.07, 6.45) is 14.7. The lowest BCUT2D eigenvalue weighted by Gasteiger charge is -2.32. The molecule has 0 amide bonds. The predicted octanol–water partition coefficient (Wildman–Crippen LogP) is 3.57. The molecule has 0 bridgehead atoms. The molecule has 10 nitrogen and oxygen atoms in total. The first-order valence-corrected chi connectivity index (χ1v) is 15.1. The fourth-order valence-electron chi connectivity index (χ4n) is 5.56. The van der Waals surface area contributed by atoms with Crippen molar-refractivity contribution in [3.05, 3.63) is 23.7 Å². The number of piperidine rings is 1. The summed E-state index contributed by atoms with van der Waals surface area (Å²) in [7, 11) is 0. The highest BCUT2D eigenvalue weighted by molar-refractivity contribution is 5.43. The number of likely N-dealkylation sites (tertiary alicyclic amines) is 1. The van der Waals surface area contributed by atoms with Crippen molar-refractivity contribution in [2.24, 2.45) is 0 Å². The average Bonchev–Trinajstić information content (AvgIpc) is 3.38. The largest absolute Gasteiger partial charge is 0.367 e. The molecule has 1 aliphatic carbocycles. The standard InChI is InChI=1S/C28H50N10/c1-3-16-37-18-11-25(12-19-37)33-27-20-23(2)32-28(34-27)31-21-26-22-38(36-35-26)17-8-14-29-13-7-15-30-24-9-5-4-6-10-24/h20,22,24-25,29-30H,3-19,21H2,1-2H3,(H2,31,32,33,34). The molecule has 1 saturated heterocycles. The van der Waals surface area contributed by atoms with Crippen LogP contribution in [0.25, 0.3) is 0 Å². The fourth-order valence-corrected chi connectivity index (χ4v) is 5.56. The molecule has 4 rings (SSSR count). The van der Waals surface area contributed by atoms with Crippen molar-refractivity contribution >= 4 is 11.8 Å². The Balaban J connectivity index is 1.09. The third kappa shape index (κ3) is 10.1. The summed E-state index contributed by atoms with van der Waals surface area (Å²) in [4.78, 5) is 11.8. The zero-order valence-corrected chi connectivity index (χ0v) is 23.7. The van der Waals surface area contributed by atoms with Gasteiger partial charge in [-0.15, -0.1) is 5.10 Å². The summed E-state index contributed by atoms with van der Waals surface area (Å²) in [5, 5.41) is 22.8. The highest BCUT2D eigenvalue weighted by atomic mass is 15.4. The maximum absolute atomic E-state index is 4.71.